The first-order chi connectivity index (χ1) is 6.11. The van der Waals surface area contributed by atoms with E-state index in [0.29, 0.717) is 17.9 Å². The van der Waals surface area contributed by atoms with Crippen molar-refractivity contribution >= 4 is 0 Å². The molecule has 0 saturated heterocycles. The van der Waals surface area contributed by atoms with Crippen LogP contribution in [0.25, 0.3) is 0 Å². The molecule has 0 aromatic rings. The minimum absolute atomic E-state index is 0.243. The quantitative estimate of drug-likeness (QED) is 0.624. The third kappa shape index (κ3) is 6.02. The molecule has 0 fully saturated rings. The fraction of sp³-hybridized carbons (Fsp3) is 1.00. The lowest BCUT2D eigenvalue weighted by atomic mass is 10.0. The highest BCUT2D eigenvalue weighted by Crippen LogP contribution is 2.01. The van der Waals surface area contributed by atoms with Crippen LogP contribution in [0.1, 0.15) is 20.8 Å². The van der Waals surface area contributed by atoms with Gasteiger partial charge >= 0.3 is 0 Å². The van der Waals surface area contributed by atoms with Gasteiger partial charge in [0.1, 0.15) is 0 Å². The largest absolute Gasteiger partial charge is 0.396 e. The molecule has 0 aromatic carbocycles. The molecule has 0 aliphatic heterocycles. The fourth-order valence-electron chi connectivity index (χ4n) is 1.09. The minimum atomic E-state index is 0.243. The number of aliphatic hydroxyl groups is 1. The predicted octanol–water partition coefficient (Wildman–Crippen LogP) is 0.875. The van der Waals surface area contributed by atoms with Crippen LogP contribution in [0.3, 0.4) is 0 Å². The SMILES string of the molecule is COCC(C)CNC(C)C(C)CO. The molecule has 0 aliphatic carbocycles. The molecule has 0 bridgehead atoms. The molecule has 0 aromatic heterocycles. The van der Waals surface area contributed by atoms with Crippen LogP contribution in [0.4, 0.5) is 0 Å². The maximum absolute atomic E-state index is 8.91. The van der Waals surface area contributed by atoms with Crippen molar-refractivity contribution in [3.05, 3.63) is 0 Å². The third-order valence-corrected chi connectivity index (χ3v) is 2.38. The van der Waals surface area contributed by atoms with Crippen LogP contribution >= 0.6 is 0 Å². The molecule has 0 saturated carbocycles. The van der Waals surface area contributed by atoms with Crippen molar-refractivity contribution in [3.8, 4) is 0 Å². The van der Waals surface area contributed by atoms with E-state index in [1.807, 2.05) is 6.92 Å². The summed E-state index contributed by atoms with van der Waals surface area (Å²) in [4.78, 5) is 0. The summed E-state index contributed by atoms with van der Waals surface area (Å²) < 4.78 is 5.03. The summed E-state index contributed by atoms with van der Waals surface area (Å²) >= 11 is 0. The average Bonchev–Trinajstić information content (AvgIpc) is 2.13. The zero-order valence-electron chi connectivity index (χ0n) is 9.21. The molecule has 0 heterocycles. The third-order valence-electron chi connectivity index (χ3n) is 2.38. The first-order valence-corrected chi connectivity index (χ1v) is 4.95. The normalized spacial score (nSPS) is 18.2. The average molecular weight is 189 g/mol. The van der Waals surface area contributed by atoms with Gasteiger partial charge in [-0.25, -0.2) is 0 Å². The molecule has 0 rings (SSSR count). The van der Waals surface area contributed by atoms with Gasteiger partial charge in [0.2, 0.25) is 0 Å². The molecule has 0 spiro atoms. The van der Waals surface area contributed by atoms with Crippen molar-refractivity contribution in [1.82, 2.24) is 5.32 Å². The first-order valence-electron chi connectivity index (χ1n) is 4.95. The zero-order valence-corrected chi connectivity index (χ0v) is 9.21. The molecule has 80 valence electrons. The zero-order chi connectivity index (χ0) is 10.3. The van der Waals surface area contributed by atoms with E-state index >= 15 is 0 Å². The predicted molar refractivity (Wildman–Crippen MR) is 54.8 cm³/mol. The van der Waals surface area contributed by atoms with Crippen molar-refractivity contribution in [1.29, 1.82) is 0 Å². The number of rotatable bonds is 7. The highest BCUT2D eigenvalue weighted by atomic mass is 16.5. The van der Waals surface area contributed by atoms with Gasteiger partial charge in [0.05, 0.1) is 0 Å². The number of aliphatic hydroxyl groups excluding tert-OH is 1. The Hall–Kier alpha value is -0.120. The van der Waals surface area contributed by atoms with E-state index in [1.54, 1.807) is 7.11 Å². The molecular weight excluding hydrogens is 166 g/mol. The van der Waals surface area contributed by atoms with Crippen molar-refractivity contribution in [3.63, 3.8) is 0 Å². The van der Waals surface area contributed by atoms with Crippen molar-refractivity contribution in [2.75, 3.05) is 26.9 Å². The van der Waals surface area contributed by atoms with Crippen LogP contribution in [0.5, 0.6) is 0 Å². The second-order valence-corrected chi connectivity index (χ2v) is 3.92. The van der Waals surface area contributed by atoms with Gasteiger partial charge in [0, 0.05) is 32.9 Å². The Morgan fingerprint density at radius 1 is 1.31 bits per heavy atom. The number of nitrogens with one attached hydrogen (secondary N) is 1. The van der Waals surface area contributed by atoms with Crippen molar-refractivity contribution < 1.29 is 9.84 Å². The van der Waals surface area contributed by atoms with E-state index < -0.39 is 0 Å². The second-order valence-electron chi connectivity index (χ2n) is 3.92. The summed E-state index contributed by atoms with van der Waals surface area (Å²) in [6.07, 6.45) is 0. The molecule has 3 unspecified atom stereocenters. The van der Waals surface area contributed by atoms with Gasteiger partial charge in [-0.15, -0.1) is 0 Å². The monoisotopic (exact) mass is 189 g/mol. The van der Waals surface area contributed by atoms with Crippen molar-refractivity contribution in [2.45, 2.75) is 26.8 Å². The minimum Gasteiger partial charge on any atom is -0.396 e. The van der Waals surface area contributed by atoms with E-state index in [9.17, 15) is 0 Å². The van der Waals surface area contributed by atoms with E-state index in [1.165, 1.54) is 0 Å². The Balaban J connectivity index is 3.50. The Morgan fingerprint density at radius 2 is 1.92 bits per heavy atom. The van der Waals surface area contributed by atoms with E-state index in [2.05, 4.69) is 19.2 Å². The highest BCUT2D eigenvalue weighted by molar-refractivity contribution is 4.68. The Bertz CT molecular complexity index is 119. The van der Waals surface area contributed by atoms with Gasteiger partial charge in [-0.2, -0.15) is 0 Å². The van der Waals surface area contributed by atoms with Gasteiger partial charge in [0.25, 0.3) is 0 Å². The van der Waals surface area contributed by atoms with Gasteiger partial charge in [-0.3, -0.25) is 0 Å². The Kier molecular flexibility index (Phi) is 7.23. The number of ether oxygens (including phenoxy) is 1. The molecule has 3 heteroatoms. The smallest absolute Gasteiger partial charge is 0.0499 e. The van der Waals surface area contributed by atoms with E-state index in [0.717, 1.165) is 13.2 Å². The van der Waals surface area contributed by atoms with Crippen LogP contribution in [-0.4, -0.2) is 38.0 Å². The summed E-state index contributed by atoms with van der Waals surface area (Å²) in [7, 11) is 1.72. The maximum atomic E-state index is 8.91. The van der Waals surface area contributed by atoms with Gasteiger partial charge in [0.15, 0.2) is 0 Å². The fourth-order valence-corrected chi connectivity index (χ4v) is 1.09. The van der Waals surface area contributed by atoms with Gasteiger partial charge < -0.3 is 15.2 Å². The summed E-state index contributed by atoms with van der Waals surface area (Å²) in [5.41, 5.74) is 0. The van der Waals surface area contributed by atoms with E-state index in [4.69, 9.17) is 9.84 Å². The summed E-state index contributed by atoms with van der Waals surface area (Å²) in [5.74, 6) is 0.841. The molecule has 3 nitrogen and oxygen atoms in total. The lowest BCUT2D eigenvalue weighted by Gasteiger charge is -2.21. The lowest BCUT2D eigenvalue weighted by molar-refractivity contribution is 0.151. The topological polar surface area (TPSA) is 41.5 Å². The van der Waals surface area contributed by atoms with Crippen molar-refractivity contribution in [2.24, 2.45) is 11.8 Å². The van der Waals surface area contributed by atoms with Crippen LogP contribution in [0, 0.1) is 11.8 Å². The first kappa shape index (κ1) is 12.9. The summed E-state index contributed by atoms with van der Waals surface area (Å²) in [6.45, 7) is 8.26. The van der Waals surface area contributed by atoms with Crippen LogP contribution in [0.2, 0.25) is 0 Å². The molecule has 3 atom stereocenters. The summed E-state index contributed by atoms with van der Waals surface area (Å²) in [6, 6.07) is 0.365. The van der Waals surface area contributed by atoms with Gasteiger partial charge in [-0.1, -0.05) is 13.8 Å². The molecule has 0 aliphatic rings. The molecule has 0 radical (unpaired) electrons. The summed E-state index contributed by atoms with van der Waals surface area (Å²) in [5, 5.41) is 12.3. The maximum Gasteiger partial charge on any atom is 0.0499 e. The Morgan fingerprint density at radius 3 is 2.38 bits per heavy atom. The van der Waals surface area contributed by atoms with Gasteiger partial charge in [-0.05, 0) is 18.8 Å². The number of hydrogen-bond acceptors (Lipinski definition) is 3. The highest BCUT2D eigenvalue weighted by Gasteiger charge is 2.11. The van der Waals surface area contributed by atoms with Crippen LogP contribution in [-0.2, 0) is 4.74 Å². The molecular formula is C10H23NO2. The second kappa shape index (κ2) is 7.30. The van der Waals surface area contributed by atoms with Crippen LogP contribution < -0.4 is 5.32 Å². The van der Waals surface area contributed by atoms with Crippen LogP contribution in [0.15, 0.2) is 0 Å². The number of methoxy groups -OCH3 is 1. The molecule has 13 heavy (non-hydrogen) atoms. The number of hydrogen-bond donors (Lipinski definition) is 2. The van der Waals surface area contributed by atoms with E-state index in [-0.39, 0.29) is 6.61 Å². The molecule has 0 amide bonds. The molecule has 2 N–H and O–H groups in total. The lowest BCUT2D eigenvalue weighted by Crippen LogP contribution is -2.37. The Labute approximate surface area is 81.5 Å². The standard InChI is InChI=1S/C10H23NO2/c1-8(7-13-4)5-11-10(3)9(2)6-12/h8-12H,5-7H2,1-4H3.